The number of aryl methyl sites for hydroxylation is 3. The minimum Gasteiger partial charge on any atom is -0.298 e. The molecule has 118 valence electrons. The average Bonchev–Trinajstić information content (AvgIpc) is 3.04. The second-order valence-electron chi connectivity index (χ2n) is 5.27. The van der Waals surface area contributed by atoms with Crippen molar-refractivity contribution in [2.45, 2.75) is 20.8 Å². The number of carbonyl (C=O) groups excluding carboxylic acids is 2. The van der Waals surface area contributed by atoms with E-state index >= 15 is 0 Å². The number of Topliss-reactive ketones (excluding diaryl/α,β-unsaturated/α-hetero) is 1. The quantitative estimate of drug-likeness (QED) is 0.746. The molecule has 0 aromatic carbocycles. The Hall–Kier alpha value is -2.61. The number of hydrogen-bond acceptors (Lipinski definition) is 6. The SMILES string of the molecule is CC(=O)c1csc(NC(=O)c2cc(C)nc3c2c(C)nn3C)n1. The van der Waals surface area contributed by atoms with Crippen LogP contribution in [0.4, 0.5) is 5.13 Å². The maximum Gasteiger partial charge on any atom is 0.258 e. The molecule has 3 aromatic heterocycles. The van der Waals surface area contributed by atoms with Crippen LogP contribution in [0.25, 0.3) is 11.0 Å². The van der Waals surface area contributed by atoms with Crippen LogP contribution in [-0.2, 0) is 7.05 Å². The van der Waals surface area contributed by atoms with Gasteiger partial charge < -0.3 is 0 Å². The van der Waals surface area contributed by atoms with Gasteiger partial charge in [-0.3, -0.25) is 19.6 Å². The highest BCUT2D eigenvalue weighted by atomic mass is 32.1. The van der Waals surface area contributed by atoms with Gasteiger partial charge in [-0.2, -0.15) is 5.10 Å². The van der Waals surface area contributed by atoms with Gasteiger partial charge >= 0.3 is 0 Å². The highest BCUT2D eigenvalue weighted by Crippen LogP contribution is 2.23. The number of nitrogens with one attached hydrogen (secondary N) is 1. The lowest BCUT2D eigenvalue weighted by atomic mass is 10.1. The Kier molecular flexibility index (Phi) is 3.69. The van der Waals surface area contributed by atoms with Crippen LogP contribution in [0.3, 0.4) is 0 Å². The van der Waals surface area contributed by atoms with Crippen LogP contribution in [0, 0.1) is 13.8 Å². The van der Waals surface area contributed by atoms with Crippen molar-refractivity contribution in [1.29, 1.82) is 0 Å². The lowest BCUT2D eigenvalue weighted by Gasteiger charge is -2.05. The third kappa shape index (κ3) is 2.72. The first kappa shape index (κ1) is 15.3. The van der Waals surface area contributed by atoms with E-state index in [1.807, 2.05) is 13.8 Å². The average molecular weight is 329 g/mol. The maximum atomic E-state index is 12.6. The molecule has 3 heterocycles. The first-order chi connectivity index (χ1) is 10.9. The van der Waals surface area contributed by atoms with Crippen molar-refractivity contribution in [2.24, 2.45) is 7.05 Å². The summed E-state index contributed by atoms with van der Waals surface area (Å²) in [5.41, 5.74) is 2.98. The summed E-state index contributed by atoms with van der Waals surface area (Å²) in [7, 11) is 1.80. The smallest absolute Gasteiger partial charge is 0.258 e. The standard InChI is InChI=1S/C15H15N5O2S/c1-7-5-10(12-8(2)19-20(4)13(12)16-7)14(22)18-15-17-11(6-23-15)9(3)21/h5-6H,1-4H3,(H,17,18,22). The first-order valence-electron chi connectivity index (χ1n) is 6.95. The van der Waals surface area contributed by atoms with Gasteiger partial charge in [-0.05, 0) is 19.9 Å². The number of pyridine rings is 1. The summed E-state index contributed by atoms with van der Waals surface area (Å²) < 4.78 is 1.66. The zero-order valence-corrected chi connectivity index (χ0v) is 14.0. The molecule has 0 fully saturated rings. The van der Waals surface area contributed by atoms with Crippen molar-refractivity contribution < 1.29 is 9.59 Å². The molecule has 8 heteroatoms. The molecule has 23 heavy (non-hydrogen) atoms. The number of fused-ring (bicyclic) bond motifs is 1. The molecule has 0 unspecified atom stereocenters. The second-order valence-corrected chi connectivity index (χ2v) is 6.13. The molecule has 0 radical (unpaired) electrons. The number of anilines is 1. The van der Waals surface area contributed by atoms with Crippen molar-refractivity contribution in [3.8, 4) is 0 Å². The van der Waals surface area contributed by atoms with Gasteiger partial charge in [0.25, 0.3) is 5.91 Å². The van der Waals surface area contributed by atoms with E-state index in [0.717, 1.165) is 16.8 Å². The fourth-order valence-corrected chi connectivity index (χ4v) is 3.15. The Bertz CT molecular complexity index is 941. The summed E-state index contributed by atoms with van der Waals surface area (Å²) >= 11 is 1.22. The van der Waals surface area contributed by atoms with Crippen molar-refractivity contribution in [3.63, 3.8) is 0 Å². The van der Waals surface area contributed by atoms with Gasteiger partial charge in [0.2, 0.25) is 0 Å². The zero-order valence-electron chi connectivity index (χ0n) is 13.2. The normalized spacial score (nSPS) is 11.0. The molecule has 3 aromatic rings. The number of aromatic nitrogens is 4. The molecule has 0 bridgehead atoms. The van der Waals surface area contributed by atoms with Crippen molar-refractivity contribution in [2.75, 3.05) is 5.32 Å². The largest absolute Gasteiger partial charge is 0.298 e. The minimum atomic E-state index is -0.291. The van der Waals surface area contributed by atoms with Gasteiger partial charge in [0.05, 0.1) is 16.6 Å². The molecule has 0 aliphatic heterocycles. The number of hydrogen-bond donors (Lipinski definition) is 1. The lowest BCUT2D eigenvalue weighted by Crippen LogP contribution is -2.13. The monoisotopic (exact) mass is 329 g/mol. The van der Waals surface area contributed by atoms with Crippen LogP contribution in [0.5, 0.6) is 0 Å². The highest BCUT2D eigenvalue weighted by Gasteiger charge is 2.19. The van der Waals surface area contributed by atoms with E-state index in [9.17, 15) is 9.59 Å². The number of nitrogens with zero attached hydrogens (tertiary/aromatic N) is 4. The third-order valence-corrected chi connectivity index (χ3v) is 4.18. The van der Waals surface area contributed by atoms with Crippen LogP contribution in [0.15, 0.2) is 11.4 Å². The summed E-state index contributed by atoms with van der Waals surface area (Å²) in [4.78, 5) is 32.5. The Balaban J connectivity index is 2.01. The van der Waals surface area contributed by atoms with Crippen molar-refractivity contribution in [3.05, 3.63) is 34.1 Å². The van der Waals surface area contributed by atoms with E-state index in [1.54, 1.807) is 23.2 Å². The van der Waals surface area contributed by atoms with E-state index in [0.29, 0.717) is 22.0 Å². The predicted molar refractivity (Wildman–Crippen MR) is 88.1 cm³/mol. The molecular formula is C15H15N5O2S. The van der Waals surface area contributed by atoms with Gasteiger partial charge in [-0.25, -0.2) is 9.97 Å². The minimum absolute atomic E-state index is 0.132. The second kappa shape index (κ2) is 5.54. The van der Waals surface area contributed by atoms with Crippen LogP contribution in [0.1, 0.15) is 39.2 Å². The first-order valence-corrected chi connectivity index (χ1v) is 7.83. The topological polar surface area (TPSA) is 89.8 Å². The maximum absolute atomic E-state index is 12.6. The molecular weight excluding hydrogens is 314 g/mol. The number of ketones is 1. The molecule has 1 amide bonds. The molecule has 3 rings (SSSR count). The van der Waals surface area contributed by atoms with Crippen LogP contribution < -0.4 is 5.32 Å². The summed E-state index contributed by atoms with van der Waals surface area (Å²) in [5, 5.41) is 9.81. The summed E-state index contributed by atoms with van der Waals surface area (Å²) in [6, 6.07) is 1.73. The number of thiazole rings is 1. The molecule has 0 aliphatic rings. The van der Waals surface area contributed by atoms with Gasteiger partial charge in [-0.15, -0.1) is 11.3 Å². The summed E-state index contributed by atoms with van der Waals surface area (Å²) in [6.45, 7) is 5.11. The van der Waals surface area contributed by atoms with Gasteiger partial charge in [0, 0.05) is 25.0 Å². The Morgan fingerprint density at radius 3 is 2.65 bits per heavy atom. The van der Waals surface area contributed by atoms with Crippen molar-refractivity contribution >= 4 is 39.2 Å². The summed E-state index contributed by atoms with van der Waals surface area (Å²) in [5.74, 6) is -0.423. The molecule has 7 nitrogen and oxygen atoms in total. The molecule has 0 spiro atoms. The van der Waals surface area contributed by atoms with Crippen LogP contribution >= 0.6 is 11.3 Å². The highest BCUT2D eigenvalue weighted by molar-refractivity contribution is 7.14. The van der Waals surface area contributed by atoms with Crippen LogP contribution in [-0.4, -0.2) is 31.4 Å². The zero-order chi connectivity index (χ0) is 16.7. The molecule has 0 atom stereocenters. The lowest BCUT2D eigenvalue weighted by molar-refractivity contribution is 0.100. The van der Waals surface area contributed by atoms with E-state index < -0.39 is 0 Å². The third-order valence-electron chi connectivity index (χ3n) is 3.43. The fraction of sp³-hybridized carbons (Fsp3) is 0.267. The predicted octanol–water partition coefficient (Wildman–Crippen LogP) is 2.50. The molecule has 0 saturated carbocycles. The van der Waals surface area contributed by atoms with Gasteiger partial charge in [-0.1, -0.05) is 0 Å². The Morgan fingerprint density at radius 2 is 2.00 bits per heavy atom. The number of rotatable bonds is 3. The number of carbonyl (C=O) groups is 2. The molecule has 0 aliphatic carbocycles. The van der Waals surface area contributed by atoms with E-state index in [1.165, 1.54) is 18.3 Å². The van der Waals surface area contributed by atoms with E-state index in [-0.39, 0.29) is 11.7 Å². The van der Waals surface area contributed by atoms with E-state index in [2.05, 4.69) is 20.4 Å². The fourth-order valence-electron chi connectivity index (χ4n) is 2.41. The Morgan fingerprint density at radius 1 is 1.26 bits per heavy atom. The number of amides is 1. The van der Waals surface area contributed by atoms with Gasteiger partial charge in [0.15, 0.2) is 16.6 Å². The van der Waals surface area contributed by atoms with Crippen molar-refractivity contribution in [1.82, 2.24) is 19.7 Å². The molecule has 1 N–H and O–H groups in total. The van der Waals surface area contributed by atoms with Crippen LogP contribution in [0.2, 0.25) is 0 Å². The Labute approximate surface area is 136 Å². The summed E-state index contributed by atoms with van der Waals surface area (Å²) in [6.07, 6.45) is 0. The van der Waals surface area contributed by atoms with Gasteiger partial charge in [0.1, 0.15) is 5.69 Å². The molecule has 0 saturated heterocycles. The van der Waals surface area contributed by atoms with E-state index in [4.69, 9.17) is 0 Å².